The van der Waals surface area contributed by atoms with E-state index in [1.807, 2.05) is 18.2 Å². The van der Waals surface area contributed by atoms with Crippen LogP contribution in [-0.2, 0) is 4.79 Å². The topological polar surface area (TPSA) is 50.8 Å². The molecule has 1 N–H and O–H groups in total. The molecular formula is C18H22N2O3S. The van der Waals surface area contributed by atoms with Gasteiger partial charge in [-0.3, -0.25) is 9.69 Å². The fourth-order valence-corrected chi connectivity index (χ4v) is 3.92. The van der Waals surface area contributed by atoms with Gasteiger partial charge < -0.3 is 14.8 Å². The van der Waals surface area contributed by atoms with Crippen LogP contribution >= 0.6 is 11.3 Å². The largest absolute Gasteiger partial charge is 0.493 e. The number of esters is 1. The van der Waals surface area contributed by atoms with Crippen molar-refractivity contribution >= 4 is 17.3 Å². The van der Waals surface area contributed by atoms with E-state index in [-0.39, 0.29) is 12.0 Å². The van der Waals surface area contributed by atoms with Gasteiger partial charge in [0.1, 0.15) is 0 Å². The molecule has 0 bridgehead atoms. The number of ether oxygens (including phenoxy) is 2. The molecule has 2 heterocycles. The normalized spacial score (nSPS) is 16.6. The van der Waals surface area contributed by atoms with E-state index in [2.05, 4.69) is 27.7 Å². The number of methoxy groups -OCH3 is 1. The third-order valence-corrected chi connectivity index (χ3v) is 5.01. The van der Waals surface area contributed by atoms with Gasteiger partial charge in [0.2, 0.25) is 0 Å². The van der Waals surface area contributed by atoms with Crippen molar-refractivity contribution in [1.29, 1.82) is 0 Å². The van der Waals surface area contributed by atoms with Crippen molar-refractivity contribution in [1.82, 2.24) is 10.2 Å². The molecule has 5 nitrogen and oxygen atoms in total. The summed E-state index contributed by atoms with van der Waals surface area (Å²) in [6.07, 6.45) is 0. The summed E-state index contributed by atoms with van der Waals surface area (Å²) in [5.74, 6) is 0.691. The Morgan fingerprint density at radius 1 is 1.25 bits per heavy atom. The zero-order chi connectivity index (χ0) is 16.9. The first-order chi connectivity index (χ1) is 11.7. The lowest BCUT2D eigenvalue weighted by Crippen LogP contribution is -2.45. The first kappa shape index (κ1) is 17.0. The zero-order valence-electron chi connectivity index (χ0n) is 14.0. The molecule has 2 aromatic rings. The van der Waals surface area contributed by atoms with Gasteiger partial charge in [-0.05, 0) is 29.1 Å². The molecule has 128 valence electrons. The van der Waals surface area contributed by atoms with Crippen LogP contribution < -0.4 is 14.8 Å². The fraction of sp³-hybridized carbons (Fsp3) is 0.389. The maximum Gasteiger partial charge on any atom is 0.308 e. The molecule has 1 aliphatic heterocycles. The number of hydrogen-bond donors (Lipinski definition) is 1. The molecule has 1 aliphatic rings. The molecule has 24 heavy (non-hydrogen) atoms. The Morgan fingerprint density at radius 2 is 2.04 bits per heavy atom. The van der Waals surface area contributed by atoms with Gasteiger partial charge in [0, 0.05) is 38.0 Å². The summed E-state index contributed by atoms with van der Waals surface area (Å²) < 4.78 is 10.7. The smallest absolute Gasteiger partial charge is 0.308 e. The van der Waals surface area contributed by atoms with E-state index >= 15 is 0 Å². The van der Waals surface area contributed by atoms with Gasteiger partial charge in [-0.2, -0.15) is 0 Å². The lowest BCUT2D eigenvalue weighted by atomic mass is 10.0. The molecule has 0 saturated carbocycles. The van der Waals surface area contributed by atoms with E-state index in [4.69, 9.17) is 9.47 Å². The molecule has 1 fully saturated rings. The van der Waals surface area contributed by atoms with Gasteiger partial charge in [-0.1, -0.05) is 12.1 Å². The summed E-state index contributed by atoms with van der Waals surface area (Å²) in [6.45, 7) is 5.37. The predicted molar refractivity (Wildman–Crippen MR) is 94.9 cm³/mol. The number of carbonyl (C=O) groups is 1. The zero-order valence-corrected chi connectivity index (χ0v) is 14.8. The van der Waals surface area contributed by atoms with E-state index in [0.29, 0.717) is 11.5 Å². The van der Waals surface area contributed by atoms with Gasteiger partial charge in [-0.15, -0.1) is 11.3 Å². The van der Waals surface area contributed by atoms with Crippen LogP contribution in [0.4, 0.5) is 0 Å². The minimum absolute atomic E-state index is 0.187. The highest BCUT2D eigenvalue weighted by Gasteiger charge is 2.25. The average Bonchev–Trinajstić information content (AvgIpc) is 3.11. The van der Waals surface area contributed by atoms with Gasteiger partial charge in [0.15, 0.2) is 11.5 Å². The standard InChI is InChI=1S/C18H22N2O3S/c1-13(21)23-15-6-5-14(12-16(15)22-2)18(17-4-3-11-24-17)20-9-7-19-8-10-20/h3-6,11-12,18-19H,7-10H2,1-2H3/t18-/m1/s1. The first-order valence-corrected chi connectivity index (χ1v) is 8.91. The lowest BCUT2D eigenvalue weighted by molar-refractivity contribution is -0.132. The number of nitrogens with zero attached hydrogens (tertiary/aromatic N) is 1. The molecule has 1 aromatic carbocycles. The summed E-state index contributed by atoms with van der Waals surface area (Å²) in [5.41, 5.74) is 1.15. The Kier molecular flexibility index (Phi) is 5.50. The maximum absolute atomic E-state index is 11.2. The van der Waals surface area contributed by atoms with Crippen LogP contribution in [0.1, 0.15) is 23.4 Å². The van der Waals surface area contributed by atoms with E-state index in [0.717, 1.165) is 31.7 Å². The molecule has 0 spiro atoms. The van der Waals surface area contributed by atoms with Crippen LogP contribution in [0.3, 0.4) is 0 Å². The van der Waals surface area contributed by atoms with Crippen LogP contribution in [0.5, 0.6) is 11.5 Å². The Bertz CT molecular complexity index is 682. The molecule has 6 heteroatoms. The number of piperazine rings is 1. The summed E-state index contributed by atoms with van der Waals surface area (Å²) in [5, 5.41) is 5.51. The lowest BCUT2D eigenvalue weighted by Gasteiger charge is -2.35. The number of thiophene rings is 1. The van der Waals surface area contributed by atoms with E-state index in [1.165, 1.54) is 11.8 Å². The minimum Gasteiger partial charge on any atom is -0.493 e. The molecule has 3 rings (SSSR count). The summed E-state index contributed by atoms with van der Waals surface area (Å²) >= 11 is 1.76. The molecular weight excluding hydrogens is 324 g/mol. The van der Waals surface area contributed by atoms with Crippen molar-refractivity contribution in [3.05, 3.63) is 46.2 Å². The minimum atomic E-state index is -0.349. The second-order valence-corrected chi connectivity index (χ2v) is 6.69. The van der Waals surface area contributed by atoms with Crippen molar-refractivity contribution < 1.29 is 14.3 Å². The predicted octanol–water partition coefficient (Wildman–Crippen LogP) is 2.68. The van der Waals surface area contributed by atoms with Crippen LogP contribution in [0.2, 0.25) is 0 Å². The summed E-state index contributed by atoms with van der Waals surface area (Å²) in [6, 6.07) is 10.3. The number of nitrogens with one attached hydrogen (secondary N) is 1. The first-order valence-electron chi connectivity index (χ1n) is 8.03. The van der Waals surface area contributed by atoms with Crippen LogP contribution in [0.25, 0.3) is 0 Å². The van der Waals surface area contributed by atoms with Gasteiger partial charge in [0.05, 0.1) is 13.2 Å². The molecule has 0 radical (unpaired) electrons. The Morgan fingerprint density at radius 3 is 2.67 bits per heavy atom. The number of rotatable bonds is 5. The van der Waals surface area contributed by atoms with Crippen molar-refractivity contribution in [2.24, 2.45) is 0 Å². The molecule has 1 atom stereocenters. The van der Waals surface area contributed by atoms with Crippen LogP contribution in [0, 0.1) is 0 Å². The van der Waals surface area contributed by atoms with Gasteiger partial charge >= 0.3 is 5.97 Å². The molecule has 0 amide bonds. The SMILES string of the molecule is COc1cc([C@H](c2cccs2)N2CCNCC2)ccc1OC(C)=O. The average molecular weight is 346 g/mol. The molecule has 1 saturated heterocycles. The Balaban J connectivity index is 1.96. The van der Waals surface area contributed by atoms with E-state index in [9.17, 15) is 4.79 Å². The van der Waals surface area contributed by atoms with Gasteiger partial charge in [-0.25, -0.2) is 0 Å². The van der Waals surface area contributed by atoms with Crippen molar-refractivity contribution in [3.63, 3.8) is 0 Å². The fourth-order valence-electron chi connectivity index (χ4n) is 3.04. The van der Waals surface area contributed by atoms with E-state index in [1.54, 1.807) is 18.4 Å². The maximum atomic E-state index is 11.2. The number of carbonyl (C=O) groups excluding carboxylic acids is 1. The van der Waals surface area contributed by atoms with E-state index < -0.39 is 0 Å². The second kappa shape index (κ2) is 7.79. The third kappa shape index (κ3) is 3.77. The number of hydrogen-bond acceptors (Lipinski definition) is 6. The van der Waals surface area contributed by atoms with Crippen molar-refractivity contribution in [2.75, 3.05) is 33.3 Å². The molecule has 0 unspecified atom stereocenters. The number of benzene rings is 1. The third-order valence-electron chi connectivity index (χ3n) is 4.09. The van der Waals surface area contributed by atoms with Gasteiger partial charge in [0.25, 0.3) is 0 Å². The Hall–Kier alpha value is -1.89. The molecule has 0 aliphatic carbocycles. The summed E-state index contributed by atoms with van der Waals surface area (Å²) in [7, 11) is 1.59. The highest BCUT2D eigenvalue weighted by Crippen LogP contribution is 2.37. The van der Waals surface area contributed by atoms with Crippen LogP contribution in [-0.4, -0.2) is 44.2 Å². The van der Waals surface area contributed by atoms with Crippen molar-refractivity contribution in [2.45, 2.75) is 13.0 Å². The quantitative estimate of drug-likeness (QED) is 0.666. The highest BCUT2D eigenvalue weighted by molar-refractivity contribution is 7.10. The second-order valence-electron chi connectivity index (χ2n) is 5.71. The van der Waals surface area contributed by atoms with Crippen LogP contribution in [0.15, 0.2) is 35.7 Å². The molecule has 1 aromatic heterocycles. The van der Waals surface area contributed by atoms with Crippen molar-refractivity contribution in [3.8, 4) is 11.5 Å². The monoisotopic (exact) mass is 346 g/mol. The highest BCUT2D eigenvalue weighted by atomic mass is 32.1. The summed E-state index contributed by atoms with van der Waals surface area (Å²) in [4.78, 5) is 15.0. The Labute approximate surface area is 146 Å².